The molecule has 142 valence electrons. The van der Waals surface area contributed by atoms with E-state index in [0.29, 0.717) is 0 Å². The van der Waals surface area contributed by atoms with Crippen LogP contribution in [0, 0.1) is 23.7 Å². The first-order chi connectivity index (χ1) is 12.7. The number of alkyl halides is 1. The Kier molecular flexibility index (Phi) is 6.44. The number of allylic oxidation sites excluding steroid dienone is 8. The summed E-state index contributed by atoms with van der Waals surface area (Å²) >= 11 is 2.59. The number of fused-ring (bicyclic) bond motifs is 1. The quantitative estimate of drug-likeness (QED) is 0.211. The lowest BCUT2D eigenvalue weighted by Gasteiger charge is -2.39. The topological polar surface area (TPSA) is 0 Å². The lowest BCUT2D eigenvalue weighted by Crippen LogP contribution is -2.27. The van der Waals surface area contributed by atoms with Gasteiger partial charge in [0.25, 0.3) is 0 Å². The van der Waals surface area contributed by atoms with Crippen molar-refractivity contribution in [2.75, 3.05) is 0 Å². The van der Waals surface area contributed by atoms with Gasteiger partial charge in [-0.05, 0) is 87.0 Å². The van der Waals surface area contributed by atoms with Crippen LogP contribution >= 0.6 is 22.6 Å². The van der Waals surface area contributed by atoms with Crippen molar-refractivity contribution < 1.29 is 0 Å². The van der Waals surface area contributed by atoms with Crippen LogP contribution in [0.3, 0.4) is 0 Å². The molecule has 4 rings (SSSR count). The first kappa shape index (κ1) is 19.0. The van der Waals surface area contributed by atoms with Gasteiger partial charge in [0.05, 0.1) is 0 Å². The van der Waals surface area contributed by atoms with Gasteiger partial charge in [-0.3, -0.25) is 0 Å². The zero-order valence-corrected chi connectivity index (χ0v) is 18.6. The fraction of sp³-hybridized carbons (Fsp3) is 0.680. The van der Waals surface area contributed by atoms with Crippen molar-refractivity contribution in [3.05, 3.63) is 47.1 Å². The summed E-state index contributed by atoms with van der Waals surface area (Å²) in [7, 11) is 0. The molecule has 5 atom stereocenters. The second kappa shape index (κ2) is 8.80. The van der Waals surface area contributed by atoms with Crippen molar-refractivity contribution in [1.82, 2.24) is 0 Å². The van der Waals surface area contributed by atoms with E-state index in [0.717, 1.165) is 27.6 Å². The Morgan fingerprint density at radius 1 is 1.00 bits per heavy atom. The summed E-state index contributed by atoms with van der Waals surface area (Å²) in [5.74, 6) is 3.43. The summed E-state index contributed by atoms with van der Waals surface area (Å²) in [6, 6.07) is 0. The highest BCUT2D eigenvalue weighted by molar-refractivity contribution is 14.1. The third-order valence-corrected chi connectivity index (χ3v) is 8.36. The van der Waals surface area contributed by atoms with E-state index in [1.807, 2.05) is 5.57 Å². The molecule has 0 nitrogen and oxygen atoms in total. The highest BCUT2D eigenvalue weighted by Gasteiger charge is 2.33. The van der Waals surface area contributed by atoms with Crippen LogP contribution in [0.25, 0.3) is 0 Å². The van der Waals surface area contributed by atoms with Gasteiger partial charge in [-0.25, -0.2) is 0 Å². The fourth-order valence-electron chi connectivity index (χ4n) is 5.89. The molecule has 4 aliphatic rings. The van der Waals surface area contributed by atoms with Crippen LogP contribution in [0.15, 0.2) is 47.1 Å². The SMILES string of the molecule is CC1/C=C\CCCCCC2CC(C3CCC4=C(C=CC(I)C4)C3)=CCC12. The molecule has 0 amide bonds. The van der Waals surface area contributed by atoms with E-state index in [9.17, 15) is 0 Å². The molecular weight excluding hydrogens is 427 g/mol. The van der Waals surface area contributed by atoms with Gasteiger partial charge in [0, 0.05) is 3.92 Å². The summed E-state index contributed by atoms with van der Waals surface area (Å²) in [6.07, 6.45) is 27.8. The van der Waals surface area contributed by atoms with Crippen molar-refractivity contribution >= 4 is 22.6 Å². The van der Waals surface area contributed by atoms with Crippen LogP contribution in [0.4, 0.5) is 0 Å². The normalized spacial score (nSPS) is 39.6. The smallest absolute Gasteiger partial charge is 0.0329 e. The molecule has 0 radical (unpaired) electrons. The second-order valence-electron chi connectivity index (χ2n) is 9.22. The highest BCUT2D eigenvalue weighted by Crippen LogP contribution is 2.46. The van der Waals surface area contributed by atoms with E-state index in [1.54, 1.807) is 11.1 Å². The number of hydrogen-bond donors (Lipinski definition) is 0. The van der Waals surface area contributed by atoms with E-state index in [1.165, 1.54) is 70.6 Å². The number of rotatable bonds is 1. The van der Waals surface area contributed by atoms with Crippen LogP contribution in [-0.4, -0.2) is 3.92 Å². The minimum atomic E-state index is 0.732. The van der Waals surface area contributed by atoms with E-state index >= 15 is 0 Å². The lowest BCUT2D eigenvalue weighted by molar-refractivity contribution is 0.228. The van der Waals surface area contributed by atoms with Gasteiger partial charge >= 0.3 is 0 Å². The first-order valence-corrected chi connectivity index (χ1v) is 12.3. The van der Waals surface area contributed by atoms with Gasteiger partial charge in [-0.2, -0.15) is 0 Å². The maximum Gasteiger partial charge on any atom is 0.0329 e. The molecule has 0 saturated carbocycles. The highest BCUT2D eigenvalue weighted by atomic mass is 127. The molecule has 26 heavy (non-hydrogen) atoms. The van der Waals surface area contributed by atoms with Crippen molar-refractivity contribution in [2.24, 2.45) is 23.7 Å². The standard InChI is InChI=1S/C25H35I/c1-18-7-5-3-2-4-6-8-23-16-21(12-14-25(18)23)19-9-10-22-17-24(26)13-11-20(22)15-19/h5,7,11-13,18-19,23-25H,2-4,6,8-10,14-17H2,1H3/b7-5-. The van der Waals surface area contributed by atoms with Gasteiger partial charge in [-0.1, -0.05) is 83.9 Å². The Morgan fingerprint density at radius 3 is 2.85 bits per heavy atom. The first-order valence-electron chi connectivity index (χ1n) is 11.1. The molecule has 5 unspecified atom stereocenters. The summed E-state index contributed by atoms with van der Waals surface area (Å²) in [6.45, 7) is 2.47. The minimum Gasteiger partial charge on any atom is -0.0883 e. The van der Waals surface area contributed by atoms with Crippen LogP contribution < -0.4 is 0 Å². The zero-order valence-electron chi connectivity index (χ0n) is 16.4. The Morgan fingerprint density at radius 2 is 1.92 bits per heavy atom. The monoisotopic (exact) mass is 462 g/mol. The molecule has 0 heterocycles. The molecule has 4 aliphatic carbocycles. The molecule has 0 saturated heterocycles. The van der Waals surface area contributed by atoms with Crippen LogP contribution in [0.5, 0.6) is 0 Å². The largest absolute Gasteiger partial charge is 0.0883 e. The van der Waals surface area contributed by atoms with E-state index < -0.39 is 0 Å². The van der Waals surface area contributed by atoms with Crippen molar-refractivity contribution in [2.45, 2.75) is 81.5 Å². The van der Waals surface area contributed by atoms with Gasteiger partial charge in [0.1, 0.15) is 0 Å². The predicted molar refractivity (Wildman–Crippen MR) is 122 cm³/mol. The van der Waals surface area contributed by atoms with Gasteiger partial charge < -0.3 is 0 Å². The molecule has 1 heteroatoms. The van der Waals surface area contributed by atoms with Crippen molar-refractivity contribution in [3.63, 3.8) is 0 Å². The fourth-order valence-corrected chi connectivity index (χ4v) is 6.63. The Bertz CT molecular complexity index is 620. The average molecular weight is 462 g/mol. The van der Waals surface area contributed by atoms with Crippen LogP contribution in [0.2, 0.25) is 0 Å². The van der Waals surface area contributed by atoms with Crippen molar-refractivity contribution in [3.8, 4) is 0 Å². The number of hydrogen-bond acceptors (Lipinski definition) is 0. The molecule has 0 fully saturated rings. The van der Waals surface area contributed by atoms with Gasteiger partial charge in [-0.15, -0.1) is 0 Å². The third-order valence-electron chi connectivity index (χ3n) is 7.50. The Hall–Kier alpha value is -0.310. The average Bonchev–Trinajstić information content (AvgIpc) is 2.66. The minimum absolute atomic E-state index is 0.732. The lowest BCUT2D eigenvalue weighted by atomic mass is 9.67. The maximum atomic E-state index is 2.68. The zero-order chi connectivity index (χ0) is 17.9. The maximum absolute atomic E-state index is 2.68. The van der Waals surface area contributed by atoms with E-state index in [-0.39, 0.29) is 0 Å². The summed E-state index contributed by atoms with van der Waals surface area (Å²) in [5.41, 5.74) is 5.30. The summed E-state index contributed by atoms with van der Waals surface area (Å²) in [4.78, 5) is 0. The van der Waals surface area contributed by atoms with Crippen LogP contribution in [-0.2, 0) is 0 Å². The molecule has 0 N–H and O–H groups in total. The molecule has 0 aromatic carbocycles. The van der Waals surface area contributed by atoms with E-state index in [4.69, 9.17) is 0 Å². The predicted octanol–water partition coefficient (Wildman–Crippen LogP) is 7.96. The van der Waals surface area contributed by atoms with Crippen LogP contribution in [0.1, 0.15) is 77.6 Å². The third kappa shape index (κ3) is 4.39. The van der Waals surface area contributed by atoms with Gasteiger partial charge in [0.15, 0.2) is 0 Å². The second-order valence-corrected chi connectivity index (χ2v) is 10.8. The molecule has 0 aromatic heterocycles. The molecule has 0 aromatic rings. The molecule has 0 spiro atoms. The molecular formula is C25H35I. The number of halogens is 1. The van der Waals surface area contributed by atoms with Gasteiger partial charge in [0.2, 0.25) is 0 Å². The Balaban J connectivity index is 1.46. The summed E-state index contributed by atoms with van der Waals surface area (Å²) < 4.78 is 0.732. The van der Waals surface area contributed by atoms with Crippen molar-refractivity contribution in [1.29, 1.82) is 0 Å². The molecule has 0 aliphatic heterocycles. The van der Waals surface area contributed by atoms with E-state index in [2.05, 4.69) is 59.9 Å². The Labute approximate surface area is 174 Å². The summed E-state index contributed by atoms with van der Waals surface area (Å²) in [5, 5.41) is 0. The molecule has 0 bridgehead atoms.